The van der Waals surface area contributed by atoms with Gasteiger partial charge in [-0.2, -0.15) is 0 Å². The highest BCUT2D eigenvalue weighted by Gasteiger charge is 2.07. The van der Waals surface area contributed by atoms with Gasteiger partial charge in [-0.15, -0.1) is 0 Å². The lowest BCUT2D eigenvalue weighted by atomic mass is 10.1. The molecule has 0 amide bonds. The molecule has 0 bridgehead atoms. The molecule has 96 valence electrons. The lowest BCUT2D eigenvalue weighted by Crippen LogP contribution is -1.98. The zero-order valence-electron chi connectivity index (χ0n) is 11.0. The summed E-state index contributed by atoms with van der Waals surface area (Å²) in [6.07, 6.45) is 3.62. The molecule has 19 heavy (non-hydrogen) atoms. The number of hydrogen-bond acceptors (Lipinski definition) is 4. The standard InChI is InChI=1S/C15H15N3S/c1-10-3-4-13-14(11(10)2)18-15(19-13)17-9-12-5-7-16-8-6-12/h3-8H,9H2,1-2H3,(H,17,18). The summed E-state index contributed by atoms with van der Waals surface area (Å²) in [5, 5.41) is 4.35. The molecule has 0 saturated carbocycles. The molecule has 1 N–H and O–H groups in total. The number of pyridine rings is 1. The average Bonchev–Trinajstić information content (AvgIpc) is 2.86. The van der Waals surface area contributed by atoms with Crippen molar-refractivity contribution in [3.05, 3.63) is 53.3 Å². The molecule has 0 fully saturated rings. The number of thiazole rings is 1. The number of anilines is 1. The Morgan fingerprint density at radius 2 is 1.89 bits per heavy atom. The lowest BCUT2D eigenvalue weighted by molar-refractivity contribution is 1.12. The molecule has 0 radical (unpaired) electrons. The van der Waals surface area contributed by atoms with Gasteiger partial charge in [0.15, 0.2) is 5.13 Å². The summed E-state index contributed by atoms with van der Waals surface area (Å²) in [6, 6.07) is 8.32. The van der Waals surface area contributed by atoms with E-state index in [2.05, 4.69) is 41.3 Å². The Balaban J connectivity index is 1.84. The van der Waals surface area contributed by atoms with Gasteiger partial charge in [-0.1, -0.05) is 17.4 Å². The Labute approximate surface area is 116 Å². The van der Waals surface area contributed by atoms with Gasteiger partial charge in [0.1, 0.15) is 0 Å². The van der Waals surface area contributed by atoms with E-state index in [0.717, 1.165) is 17.2 Å². The van der Waals surface area contributed by atoms with Crippen LogP contribution in [0.5, 0.6) is 0 Å². The summed E-state index contributed by atoms with van der Waals surface area (Å²) in [5.74, 6) is 0. The van der Waals surface area contributed by atoms with Crippen LogP contribution in [0.4, 0.5) is 5.13 Å². The van der Waals surface area contributed by atoms with E-state index in [1.165, 1.54) is 21.4 Å². The maximum atomic E-state index is 4.68. The number of aryl methyl sites for hydroxylation is 2. The number of fused-ring (bicyclic) bond motifs is 1. The van der Waals surface area contributed by atoms with Crippen LogP contribution in [0.3, 0.4) is 0 Å². The van der Waals surface area contributed by atoms with Gasteiger partial charge in [-0.3, -0.25) is 4.98 Å². The molecule has 0 spiro atoms. The van der Waals surface area contributed by atoms with Gasteiger partial charge in [0.25, 0.3) is 0 Å². The first-order chi connectivity index (χ1) is 9.24. The molecule has 4 heteroatoms. The molecule has 1 aromatic carbocycles. The predicted molar refractivity (Wildman–Crippen MR) is 80.7 cm³/mol. The molecule has 3 nitrogen and oxygen atoms in total. The molecule has 0 aliphatic heterocycles. The largest absolute Gasteiger partial charge is 0.357 e. The van der Waals surface area contributed by atoms with Gasteiger partial charge in [0, 0.05) is 18.9 Å². The number of benzene rings is 1. The molecule has 2 heterocycles. The summed E-state index contributed by atoms with van der Waals surface area (Å²) in [6.45, 7) is 5.03. The normalized spacial score (nSPS) is 10.8. The van der Waals surface area contributed by atoms with E-state index in [0.29, 0.717) is 0 Å². The predicted octanol–water partition coefficient (Wildman–Crippen LogP) is 3.92. The minimum atomic E-state index is 0.778. The quantitative estimate of drug-likeness (QED) is 0.783. The second-order valence-electron chi connectivity index (χ2n) is 4.58. The fraction of sp³-hybridized carbons (Fsp3) is 0.200. The van der Waals surface area contributed by atoms with Crippen molar-refractivity contribution in [3.8, 4) is 0 Å². The Bertz CT molecular complexity index is 704. The smallest absolute Gasteiger partial charge is 0.184 e. The van der Waals surface area contributed by atoms with Crippen LogP contribution in [0.1, 0.15) is 16.7 Å². The third-order valence-corrected chi connectivity index (χ3v) is 4.26. The zero-order chi connectivity index (χ0) is 13.2. The Kier molecular flexibility index (Phi) is 3.17. The number of nitrogens with one attached hydrogen (secondary N) is 1. The van der Waals surface area contributed by atoms with E-state index >= 15 is 0 Å². The topological polar surface area (TPSA) is 37.8 Å². The molecule has 0 atom stereocenters. The first kappa shape index (κ1) is 12.1. The van der Waals surface area contributed by atoms with Crippen LogP contribution in [0.2, 0.25) is 0 Å². The van der Waals surface area contributed by atoms with Crippen molar-refractivity contribution in [1.29, 1.82) is 0 Å². The van der Waals surface area contributed by atoms with Crippen molar-refractivity contribution in [2.75, 3.05) is 5.32 Å². The van der Waals surface area contributed by atoms with E-state index in [1.54, 1.807) is 11.3 Å². The van der Waals surface area contributed by atoms with E-state index in [4.69, 9.17) is 0 Å². The highest BCUT2D eigenvalue weighted by molar-refractivity contribution is 7.22. The number of nitrogens with zero attached hydrogens (tertiary/aromatic N) is 2. The second kappa shape index (κ2) is 4.97. The molecular formula is C15H15N3S. The van der Waals surface area contributed by atoms with Gasteiger partial charge < -0.3 is 5.32 Å². The van der Waals surface area contributed by atoms with Crippen LogP contribution >= 0.6 is 11.3 Å². The van der Waals surface area contributed by atoms with Crippen LogP contribution in [-0.4, -0.2) is 9.97 Å². The van der Waals surface area contributed by atoms with Gasteiger partial charge in [-0.05, 0) is 48.7 Å². The maximum absolute atomic E-state index is 4.68. The summed E-state index contributed by atoms with van der Waals surface area (Å²) in [5.41, 5.74) is 4.88. The van der Waals surface area contributed by atoms with Gasteiger partial charge in [0.05, 0.1) is 10.2 Å². The lowest BCUT2D eigenvalue weighted by Gasteiger charge is -2.01. The van der Waals surface area contributed by atoms with Crippen molar-refractivity contribution in [2.24, 2.45) is 0 Å². The van der Waals surface area contributed by atoms with E-state index in [1.807, 2.05) is 24.5 Å². The molecule has 0 unspecified atom stereocenters. The SMILES string of the molecule is Cc1ccc2sc(NCc3ccncc3)nc2c1C. The minimum Gasteiger partial charge on any atom is -0.357 e. The van der Waals surface area contributed by atoms with Crippen molar-refractivity contribution < 1.29 is 0 Å². The van der Waals surface area contributed by atoms with E-state index in [9.17, 15) is 0 Å². The van der Waals surface area contributed by atoms with Gasteiger partial charge in [0.2, 0.25) is 0 Å². The number of aromatic nitrogens is 2. The molecular weight excluding hydrogens is 254 g/mol. The van der Waals surface area contributed by atoms with E-state index < -0.39 is 0 Å². The molecule has 0 saturated heterocycles. The van der Waals surface area contributed by atoms with Crippen molar-refractivity contribution in [2.45, 2.75) is 20.4 Å². The molecule has 0 aliphatic carbocycles. The van der Waals surface area contributed by atoms with Crippen LogP contribution in [0.25, 0.3) is 10.2 Å². The van der Waals surface area contributed by atoms with Crippen LogP contribution in [-0.2, 0) is 6.54 Å². The highest BCUT2D eigenvalue weighted by Crippen LogP contribution is 2.29. The fourth-order valence-electron chi connectivity index (χ4n) is 1.98. The van der Waals surface area contributed by atoms with Crippen molar-refractivity contribution in [1.82, 2.24) is 9.97 Å². The van der Waals surface area contributed by atoms with Crippen LogP contribution < -0.4 is 5.32 Å². The molecule has 0 aliphatic rings. The third kappa shape index (κ3) is 2.44. The van der Waals surface area contributed by atoms with Gasteiger partial charge in [-0.25, -0.2) is 4.98 Å². The first-order valence-electron chi connectivity index (χ1n) is 6.23. The number of rotatable bonds is 3. The molecule has 2 aromatic heterocycles. The summed E-state index contributed by atoms with van der Waals surface area (Å²) >= 11 is 1.70. The fourth-order valence-corrected chi connectivity index (χ4v) is 2.90. The average molecular weight is 269 g/mol. The Morgan fingerprint density at radius 3 is 2.68 bits per heavy atom. The maximum Gasteiger partial charge on any atom is 0.184 e. The van der Waals surface area contributed by atoms with Crippen molar-refractivity contribution >= 4 is 26.7 Å². The second-order valence-corrected chi connectivity index (χ2v) is 5.61. The summed E-state index contributed by atoms with van der Waals surface area (Å²) in [7, 11) is 0. The molecule has 3 aromatic rings. The molecule has 3 rings (SSSR count). The zero-order valence-corrected chi connectivity index (χ0v) is 11.8. The monoisotopic (exact) mass is 269 g/mol. The summed E-state index contributed by atoms with van der Waals surface area (Å²) < 4.78 is 1.24. The van der Waals surface area contributed by atoms with Crippen LogP contribution in [0.15, 0.2) is 36.7 Å². The third-order valence-electron chi connectivity index (χ3n) is 3.28. The summed E-state index contributed by atoms with van der Waals surface area (Å²) in [4.78, 5) is 8.70. The van der Waals surface area contributed by atoms with E-state index in [-0.39, 0.29) is 0 Å². The van der Waals surface area contributed by atoms with Gasteiger partial charge >= 0.3 is 0 Å². The minimum absolute atomic E-state index is 0.778. The highest BCUT2D eigenvalue weighted by atomic mass is 32.1. The van der Waals surface area contributed by atoms with Crippen molar-refractivity contribution in [3.63, 3.8) is 0 Å². The number of hydrogen-bond donors (Lipinski definition) is 1. The first-order valence-corrected chi connectivity index (χ1v) is 7.05. The van der Waals surface area contributed by atoms with Crippen LogP contribution in [0, 0.1) is 13.8 Å². The Morgan fingerprint density at radius 1 is 1.11 bits per heavy atom. The Hall–Kier alpha value is -1.94.